The van der Waals surface area contributed by atoms with E-state index in [1.165, 1.54) is 71.1 Å². The topological polar surface area (TPSA) is 24.1 Å². The van der Waals surface area contributed by atoms with E-state index in [9.17, 15) is 0 Å². The fourth-order valence-electron chi connectivity index (χ4n) is 2.61. The molecule has 2 N–H and O–H groups in total. The zero-order valence-corrected chi connectivity index (χ0v) is 11.9. The zero-order valence-electron chi connectivity index (χ0n) is 11.9. The van der Waals surface area contributed by atoms with Crippen LogP contribution in [-0.4, -0.2) is 26.2 Å². The minimum absolute atomic E-state index is 0.869. The highest BCUT2D eigenvalue weighted by molar-refractivity contribution is 4.69. The van der Waals surface area contributed by atoms with E-state index >= 15 is 0 Å². The van der Waals surface area contributed by atoms with Gasteiger partial charge in [-0.3, -0.25) is 0 Å². The lowest BCUT2D eigenvalue weighted by Crippen LogP contribution is -2.30. The Balaban J connectivity index is 1.78. The van der Waals surface area contributed by atoms with Crippen LogP contribution in [0, 0.1) is 11.8 Å². The first-order chi connectivity index (χ1) is 8.29. The van der Waals surface area contributed by atoms with Crippen molar-refractivity contribution in [3.63, 3.8) is 0 Å². The van der Waals surface area contributed by atoms with E-state index in [2.05, 4.69) is 24.5 Å². The number of rotatable bonds is 9. The molecule has 1 saturated heterocycles. The predicted octanol–water partition coefficient (Wildman–Crippen LogP) is 3.18. The van der Waals surface area contributed by atoms with Crippen molar-refractivity contribution < 1.29 is 0 Å². The summed E-state index contributed by atoms with van der Waals surface area (Å²) in [6, 6.07) is 0. The second kappa shape index (κ2) is 9.90. The molecule has 1 aliphatic rings. The molecule has 1 unspecified atom stereocenters. The molecule has 102 valence electrons. The Kier molecular flexibility index (Phi) is 8.72. The Morgan fingerprint density at radius 1 is 1.18 bits per heavy atom. The van der Waals surface area contributed by atoms with Crippen molar-refractivity contribution in [3.05, 3.63) is 0 Å². The van der Waals surface area contributed by atoms with Gasteiger partial charge in [0.1, 0.15) is 0 Å². The van der Waals surface area contributed by atoms with Gasteiger partial charge in [0.15, 0.2) is 0 Å². The third kappa shape index (κ3) is 8.62. The fraction of sp³-hybridized carbons (Fsp3) is 1.00. The van der Waals surface area contributed by atoms with Crippen LogP contribution in [0.5, 0.6) is 0 Å². The van der Waals surface area contributed by atoms with Crippen molar-refractivity contribution >= 4 is 0 Å². The van der Waals surface area contributed by atoms with Gasteiger partial charge in [-0.15, -0.1) is 0 Å². The van der Waals surface area contributed by atoms with Crippen LogP contribution in [0.4, 0.5) is 0 Å². The summed E-state index contributed by atoms with van der Waals surface area (Å²) in [6.45, 7) is 9.56. The van der Waals surface area contributed by atoms with Gasteiger partial charge in [0, 0.05) is 0 Å². The summed E-state index contributed by atoms with van der Waals surface area (Å²) in [4.78, 5) is 0. The van der Waals surface area contributed by atoms with Crippen LogP contribution in [-0.2, 0) is 0 Å². The number of piperidine rings is 1. The zero-order chi connectivity index (χ0) is 12.3. The summed E-state index contributed by atoms with van der Waals surface area (Å²) in [5, 5.41) is 7.07. The number of hydrogen-bond donors (Lipinski definition) is 2. The van der Waals surface area contributed by atoms with Gasteiger partial charge in [-0.05, 0) is 70.1 Å². The highest BCUT2D eigenvalue weighted by atomic mass is 14.9. The van der Waals surface area contributed by atoms with Crippen molar-refractivity contribution in [2.75, 3.05) is 26.2 Å². The molecule has 17 heavy (non-hydrogen) atoms. The first-order valence-electron chi connectivity index (χ1n) is 7.70. The van der Waals surface area contributed by atoms with Gasteiger partial charge in [0.25, 0.3) is 0 Å². The molecule has 2 heteroatoms. The lowest BCUT2D eigenvalue weighted by Gasteiger charge is -2.22. The molecule has 1 rings (SSSR count). The van der Waals surface area contributed by atoms with Crippen LogP contribution >= 0.6 is 0 Å². The standard InChI is InChI=1S/C15H32N2/c1-14(2)7-3-4-10-16-11-5-8-15-9-6-12-17-13-15/h14-17H,3-13H2,1-2H3. The largest absolute Gasteiger partial charge is 0.317 e. The summed E-state index contributed by atoms with van der Waals surface area (Å²) in [5.74, 6) is 1.82. The SMILES string of the molecule is CC(C)CCCCNCCCC1CCCNC1. The highest BCUT2D eigenvalue weighted by Gasteiger charge is 2.11. The van der Waals surface area contributed by atoms with Crippen LogP contribution < -0.4 is 10.6 Å². The normalized spacial score (nSPS) is 21.0. The smallest absolute Gasteiger partial charge is 0.00205 e. The predicted molar refractivity (Wildman–Crippen MR) is 76.4 cm³/mol. The Morgan fingerprint density at radius 3 is 2.71 bits per heavy atom. The van der Waals surface area contributed by atoms with Gasteiger partial charge in [-0.1, -0.05) is 26.7 Å². The molecule has 0 bridgehead atoms. The maximum absolute atomic E-state index is 3.58. The Hall–Kier alpha value is -0.0800. The van der Waals surface area contributed by atoms with E-state index in [0.29, 0.717) is 0 Å². The van der Waals surface area contributed by atoms with Crippen molar-refractivity contribution in [1.29, 1.82) is 0 Å². The van der Waals surface area contributed by atoms with E-state index in [0.717, 1.165) is 11.8 Å². The molecular formula is C15H32N2. The second-order valence-corrected chi connectivity index (χ2v) is 5.99. The maximum atomic E-state index is 3.58. The average molecular weight is 240 g/mol. The van der Waals surface area contributed by atoms with Crippen molar-refractivity contribution in [2.45, 2.75) is 58.8 Å². The van der Waals surface area contributed by atoms with E-state index < -0.39 is 0 Å². The monoisotopic (exact) mass is 240 g/mol. The summed E-state index contributed by atoms with van der Waals surface area (Å²) in [6.07, 6.45) is 9.72. The third-order valence-electron chi connectivity index (χ3n) is 3.75. The van der Waals surface area contributed by atoms with E-state index in [1.807, 2.05) is 0 Å². The lowest BCUT2D eigenvalue weighted by atomic mass is 9.95. The minimum Gasteiger partial charge on any atom is -0.317 e. The quantitative estimate of drug-likeness (QED) is 0.605. The van der Waals surface area contributed by atoms with Gasteiger partial charge >= 0.3 is 0 Å². The molecular weight excluding hydrogens is 208 g/mol. The Labute approximate surface area is 108 Å². The molecule has 1 fully saturated rings. The summed E-state index contributed by atoms with van der Waals surface area (Å²) in [7, 11) is 0. The number of nitrogens with one attached hydrogen (secondary N) is 2. The van der Waals surface area contributed by atoms with E-state index in [1.54, 1.807) is 0 Å². The summed E-state index contributed by atoms with van der Waals surface area (Å²) in [5.41, 5.74) is 0. The van der Waals surface area contributed by atoms with E-state index in [-0.39, 0.29) is 0 Å². The van der Waals surface area contributed by atoms with E-state index in [4.69, 9.17) is 0 Å². The number of hydrogen-bond acceptors (Lipinski definition) is 2. The molecule has 1 atom stereocenters. The second-order valence-electron chi connectivity index (χ2n) is 5.99. The lowest BCUT2D eigenvalue weighted by molar-refractivity contribution is 0.348. The average Bonchev–Trinajstić information content (AvgIpc) is 2.33. The van der Waals surface area contributed by atoms with Crippen molar-refractivity contribution in [2.24, 2.45) is 11.8 Å². The molecule has 0 aromatic heterocycles. The van der Waals surface area contributed by atoms with Gasteiger partial charge in [-0.25, -0.2) is 0 Å². The third-order valence-corrected chi connectivity index (χ3v) is 3.75. The molecule has 0 radical (unpaired) electrons. The van der Waals surface area contributed by atoms with Crippen LogP contribution in [0.15, 0.2) is 0 Å². The summed E-state index contributed by atoms with van der Waals surface area (Å²) >= 11 is 0. The molecule has 1 aliphatic heterocycles. The molecule has 1 heterocycles. The summed E-state index contributed by atoms with van der Waals surface area (Å²) < 4.78 is 0. The van der Waals surface area contributed by atoms with Gasteiger partial charge in [0.05, 0.1) is 0 Å². The van der Waals surface area contributed by atoms with Crippen LogP contribution in [0.3, 0.4) is 0 Å². The van der Waals surface area contributed by atoms with Crippen molar-refractivity contribution in [3.8, 4) is 0 Å². The maximum Gasteiger partial charge on any atom is -0.00205 e. The molecule has 0 saturated carbocycles. The van der Waals surface area contributed by atoms with Gasteiger partial charge in [0.2, 0.25) is 0 Å². The van der Waals surface area contributed by atoms with Gasteiger partial charge < -0.3 is 10.6 Å². The Morgan fingerprint density at radius 2 is 2.00 bits per heavy atom. The molecule has 0 amide bonds. The number of unbranched alkanes of at least 4 members (excludes halogenated alkanes) is 1. The highest BCUT2D eigenvalue weighted by Crippen LogP contribution is 2.15. The molecule has 0 aromatic carbocycles. The molecule has 0 spiro atoms. The van der Waals surface area contributed by atoms with Crippen molar-refractivity contribution in [1.82, 2.24) is 10.6 Å². The van der Waals surface area contributed by atoms with Crippen LogP contribution in [0.2, 0.25) is 0 Å². The first kappa shape index (κ1) is 15.0. The van der Waals surface area contributed by atoms with Crippen LogP contribution in [0.1, 0.15) is 58.8 Å². The van der Waals surface area contributed by atoms with Crippen LogP contribution in [0.25, 0.3) is 0 Å². The first-order valence-corrected chi connectivity index (χ1v) is 7.70. The fourth-order valence-corrected chi connectivity index (χ4v) is 2.61. The molecule has 0 aromatic rings. The Bertz CT molecular complexity index is 162. The minimum atomic E-state index is 0.869. The van der Waals surface area contributed by atoms with Gasteiger partial charge in [-0.2, -0.15) is 0 Å². The molecule has 2 nitrogen and oxygen atoms in total. The molecule has 0 aliphatic carbocycles.